The van der Waals surface area contributed by atoms with Crippen molar-refractivity contribution < 1.29 is 18.4 Å². The predicted molar refractivity (Wildman–Crippen MR) is 117 cm³/mol. The van der Waals surface area contributed by atoms with Crippen LogP contribution in [-0.4, -0.2) is 27.0 Å². The number of Topliss-reactive ketones (excluding diaryl/α,β-unsaturated/α-hetero) is 1. The predicted octanol–water partition coefficient (Wildman–Crippen LogP) is 4.35. The quantitative estimate of drug-likeness (QED) is 0.540. The van der Waals surface area contributed by atoms with Crippen molar-refractivity contribution in [3.63, 3.8) is 0 Å². The van der Waals surface area contributed by atoms with Crippen molar-refractivity contribution in [1.82, 2.24) is 9.55 Å². The second kappa shape index (κ2) is 8.11. The average Bonchev–Trinajstić information content (AvgIpc) is 3.30. The fraction of sp³-hybridized carbons (Fsp3) is 0.250. The smallest absolute Gasteiger partial charge is 0.270 e. The molecule has 8 heteroatoms. The van der Waals surface area contributed by atoms with Gasteiger partial charge < -0.3 is 4.57 Å². The number of rotatable bonds is 6. The van der Waals surface area contributed by atoms with Crippen LogP contribution in [-0.2, 0) is 29.0 Å². The van der Waals surface area contributed by atoms with E-state index in [9.17, 15) is 18.4 Å². The van der Waals surface area contributed by atoms with Gasteiger partial charge in [0.2, 0.25) is 0 Å². The number of halogens is 2. The van der Waals surface area contributed by atoms with E-state index in [1.165, 1.54) is 23.2 Å². The molecular formula is C24H22F2N4O2. The van der Waals surface area contributed by atoms with Gasteiger partial charge in [0.25, 0.3) is 11.8 Å². The number of hydrogen-bond donors (Lipinski definition) is 0. The summed E-state index contributed by atoms with van der Waals surface area (Å²) in [5.41, 5.74) is 1.98. The lowest BCUT2D eigenvalue weighted by Gasteiger charge is -2.15. The molecule has 2 aromatic carbocycles. The van der Waals surface area contributed by atoms with Crippen LogP contribution in [0.5, 0.6) is 0 Å². The Bertz CT molecular complexity index is 1230. The number of benzene rings is 2. The molecule has 2 heterocycles. The topological polar surface area (TPSA) is 67.6 Å². The van der Waals surface area contributed by atoms with Crippen LogP contribution in [0, 0.1) is 5.92 Å². The first-order chi connectivity index (χ1) is 15.1. The first-order valence-corrected chi connectivity index (χ1v) is 10.1. The molecule has 0 saturated carbocycles. The second-order valence-corrected chi connectivity index (χ2v) is 7.97. The average molecular weight is 436 g/mol. The van der Waals surface area contributed by atoms with Crippen molar-refractivity contribution in [3.05, 3.63) is 72.1 Å². The normalized spacial score (nSPS) is 16.4. The Hall–Kier alpha value is -3.68. The summed E-state index contributed by atoms with van der Waals surface area (Å²) in [7, 11) is 1.87. The molecule has 0 aliphatic carbocycles. The van der Waals surface area contributed by atoms with Crippen molar-refractivity contribution in [2.45, 2.75) is 26.2 Å². The van der Waals surface area contributed by atoms with Crippen LogP contribution in [0.1, 0.15) is 25.0 Å². The lowest BCUT2D eigenvalue weighted by molar-refractivity contribution is -0.128. The zero-order chi connectivity index (χ0) is 23.0. The van der Waals surface area contributed by atoms with E-state index in [1.54, 1.807) is 37.4 Å². The van der Waals surface area contributed by atoms with E-state index in [0.717, 1.165) is 18.3 Å². The van der Waals surface area contributed by atoms with Crippen molar-refractivity contribution in [2.24, 2.45) is 18.1 Å². The third-order valence-corrected chi connectivity index (χ3v) is 5.44. The number of aromatic nitrogens is 2. The molecule has 32 heavy (non-hydrogen) atoms. The SMILES string of the molecule is CC1=NN(c2cccc(-c3nccn3C)c2)C(=O)C1C(=O)Cc1cccc(C(C)(F)F)c1. The van der Waals surface area contributed by atoms with E-state index in [4.69, 9.17) is 0 Å². The number of carbonyl (C=O) groups is 2. The van der Waals surface area contributed by atoms with Crippen LogP contribution in [0.4, 0.5) is 14.5 Å². The summed E-state index contributed by atoms with van der Waals surface area (Å²) in [5, 5.41) is 5.54. The van der Waals surface area contributed by atoms with Gasteiger partial charge in [-0.1, -0.05) is 30.3 Å². The molecular weight excluding hydrogens is 414 g/mol. The molecule has 0 spiro atoms. The van der Waals surface area contributed by atoms with Gasteiger partial charge in [0.15, 0.2) is 5.78 Å². The van der Waals surface area contributed by atoms with Gasteiger partial charge in [-0.05, 0) is 30.7 Å². The molecule has 3 aromatic rings. The summed E-state index contributed by atoms with van der Waals surface area (Å²) in [5.74, 6) is -4.15. The lowest BCUT2D eigenvalue weighted by Crippen LogP contribution is -2.33. The monoisotopic (exact) mass is 436 g/mol. The van der Waals surface area contributed by atoms with Gasteiger partial charge in [0, 0.05) is 43.9 Å². The van der Waals surface area contributed by atoms with Gasteiger partial charge in [-0.2, -0.15) is 10.1 Å². The standard InChI is InChI=1S/C24H22F2N4O2/c1-15-21(20(31)13-16-6-4-8-18(12-16)24(2,25)26)23(32)30(28-15)19-9-5-7-17(14-19)22-27-10-11-29(22)3/h4-12,14,21H,13H2,1-3H3. The summed E-state index contributed by atoms with van der Waals surface area (Å²) in [6.45, 7) is 2.43. The highest BCUT2D eigenvalue weighted by atomic mass is 19.3. The van der Waals surface area contributed by atoms with E-state index >= 15 is 0 Å². The molecule has 1 amide bonds. The Balaban J connectivity index is 1.55. The van der Waals surface area contributed by atoms with Crippen molar-refractivity contribution in [2.75, 3.05) is 5.01 Å². The zero-order valence-corrected chi connectivity index (χ0v) is 17.9. The molecule has 4 rings (SSSR count). The molecule has 1 unspecified atom stereocenters. The van der Waals surface area contributed by atoms with E-state index in [-0.39, 0.29) is 17.8 Å². The highest BCUT2D eigenvalue weighted by Gasteiger charge is 2.39. The molecule has 0 saturated heterocycles. The molecule has 0 bridgehead atoms. The number of anilines is 1. The van der Waals surface area contributed by atoms with Crippen LogP contribution in [0.3, 0.4) is 0 Å². The third kappa shape index (κ3) is 4.08. The van der Waals surface area contributed by atoms with Crippen LogP contribution >= 0.6 is 0 Å². The Morgan fingerprint density at radius 2 is 1.91 bits per heavy atom. The van der Waals surface area contributed by atoms with Gasteiger partial charge in [-0.15, -0.1) is 0 Å². The highest BCUT2D eigenvalue weighted by molar-refractivity contribution is 6.27. The Kier molecular flexibility index (Phi) is 5.46. The maximum absolute atomic E-state index is 13.6. The molecule has 1 aliphatic heterocycles. The molecule has 6 nitrogen and oxygen atoms in total. The molecule has 0 radical (unpaired) electrons. The second-order valence-electron chi connectivity index (χ2n) is 7.97. The number of nitrogens with zero attached hydrogens (tertiary/aromatic N) is 4. The maximum Gasteiger partial charge on any atom is 0.270 e. The molecule has 0 N–H and O–H groups in total. The van der Waals surface area contributed by atoms with Gasteiger partial charge in [0.1, 0.15) is 11.7 Å². The van der Waals surface area contributed by atoms with Crippen LogP contribution in [0.25, 0.3) is 11.4 Å². The van der Waals surface area contributed by atoms with Crippen LogP contribution in [0.15, 0.2) is 66.0 Å². The third-order valence-electron chi connectivity index (χ3n) is 5.44. The van der Waals surface area contributed by atoms with Gasteiger partial charge >= 0.3 is 0 Å². The Labute approximate surface area is 184 Å². The number of carbonyl (C=O) groups excluding carboxylic acids is 2. The van der Waals surface area contributed by atoms with Crippen molar-refractivity contribution in [1.29, 1.82) is 0 Å². The first kappa shape index (κ1) is 21.5. The van der Waals surface area contributed by atoms with Crippen LogP contribution in [0.2, 0.25) is 0 Å². The van der Waals surface area contributed by atoms with E-state index in [2.05, 4.69) is 10.1 Å². The lowest BCUT2D eigenvalue weighted by atomic mass is 9.93. The number of imidazole rings is 1. The summed E-state index contributed by atoms with van der Waals surface area (Å²) >= 11 is 0. The van der Waals surface area contributed by atoms with Crippen molar-refractivity contribution in [3.8, 4) is 11.4 Å². The Morgan fingerprint density at radius 3 is 2.59 bits per heavy atom. The minimum Gasteiger partial charge on any atom is -0.334 e. The summed E-state index contributed by atoms with van der Waals surface area (Å²) < 4.78 is 29.1. The number of alkyl halides is 2. The Morgan fingerprint density at radius 1 is 1.16 bits per heavy atom. The number of aryl methyl sites for hydroxylation is 1. The number of ketones is 1. The van der Waals surface area contributed by atoms with Gasteiger partial charge in [-0.3, -0.25) is 9.59 Å². The van der Waals surface area contributed by atoms with Gasteiger partial charge in [0.05, 0.1) is 11.4 Å². The molecule has 1 aliphatic rings. The highest BCUT2D eigenvalue weighted by Crippen LogP contribution is 2.30. The summed E-state index contributed by atoms with van der Waals surface area (Å²) in [4.78, 5) is 30.3. The molecule has 1 aromatic heterocycles. The minimum absolute atomic E-state index is 0.131. The molecule has 164 valence electrons. The van der Waals surface area contributed by atoms with E-state index in [0.29, 0.717) is 17.0 Å². The van der Waals surface area contributed by atoms with Crippen molar-refractivity contribution >= 4 is 23.1 Å². The van der Waals surface area contributed by atoms with Crippen LogP contribution < -0.4 is 5.01 Å². The first-order valence-electron chi connectivity index (χ1n) is 10.1. The summed E-state index contributed by atoms with van der Waals surface area (Å²) in [6, 6.07) is 12.9. The molecule has 1 atom stereocenters. The number of hydrogen-bond acceptors (Lipinski definition) is 4. The fourth-order valence-corrected chi connectivity index (χ4v) is 3.80. The number of hydrazone groups is 1. The zero-order valence-electron chi connectivity index (χ0n) is 17.9. The number of amides is 1. The summed E-state index contributed by atoms with van der Waals surface area (Å²) in [6.07, 6.45) is 3.38. The maximum atomic E-state index is 13.6. The fourth-order valence-electron chi connectivity index (χ4n) is 3.80. The van der Waals surface area contributed by atoms with Gasteiger partial charge in [-0.25, -0.2) is 13.8 Å². The molecule has 0 fully saturated rings. The minimum atomic E-state index is -3.01. The van der Waals surface area contributed by atoms with E-state index in [1.807, 2.05) is 23.9 Å². The van der Waals surface area contributed by atoms with E-state index < -0.39 is 17.7 Å². The largest absolute Gasteiger partial charge is 0.334 e.